The second-order valence-electron chi connectivity index (χ2n) is 2.63. The maximum Gasteiger partial charge on any atom is 0.305 e. The van der Waals surface area contributed by atoms with Crippen molar-refractivity contribution < 1.29 is 22.5 Å². The van der Waals surface area contributed by atoms with Crippen LogP contribution < -0.4 is 0 Å². The van der Waals surface area contributed by atoms with Crippen LogP contribution in [0.2, 0.25) is 0 Å². The second-order valence-corrected chi connectivity index (χ2v) is 4.13. The first-order valence-electron chi connectivity index (χ1n) is 3.37. The molecule has 0 radical (unpaired) electrons. The van der Waals surface area contributed by atoms with Crippen molar-refractivity contribution in [2.24, 2.45) is 5.92 Å². The van der Waals surface area contributed by atoms with Crippen molar-refractivity contribution in [3.05, 3.63) is 0 Å². The fraction of sp³-hybridized carbons (Fsp3) is 0.833. The Morgan fingerprint density at radius 2 is 2.08 bits per heavy atom. The van der Waals surface area contributed by atoms with Crippen LogP contribution in [0, 0.1) is 5.92 Å². The van der Waals surface area contributed by atoms with E-state index in [-0.39, 0.29) is 6.42 Å². The number of ether oxygens (including phenoxy) is 1. The summed E-state index contributed by atoms with van der Waals surface area (Å²) in [5.74, 6) is -1.32. The van der Waals surface area contributed by atoms with E-state index in [4.69, 9.17) is 4.55 Å². The summed E-state index contributed by atoms with van der Waals surface area (Å²) in [6.45, 7) is 1.55. The third-order valence-corrected chi connectivity index (χ3v) is 2.23. The first-order chi connectivity index (χ1) is 5.35. The van der Waals surface area contributed by atoms with E-state index >= 15 is 0 Å². The molecule has 5 nitrogen and oxygen atoms in total. The van der Waals surface area contributed by atoms with Crippen molar-refractivity contribution in [2.75, 3.05) is 12.9 Å². The minimum Gasteiger partial charge on any atom is -0.469 e. The average Bonchev–Trinajstić information content (AvgIpc) is 1.82. The van der Waals surface area contributed by atoms with Crippen LogP contribution in [0.15, 0.2) is 0 Å². The molecule has 0 amide bonds. The lowest BCUT2D eigenvalue weighted by molar-refractivity contribution is -0.141. The molecule has 0 aliphatic heterocycles. The van der Waals surface area contributed by atoms with E-state index in [0.29, 0.717) is 0 Å². The molecule has 0 unspecified atom stereocenters. The van der Waals surface area contributed by atoms with Gasteiger partial charge in [0.25, 0.3) is 10.1 Å². The van der Waals surface area contributed by atoms with E-state index in [0.717, 1.165) is 0 Å². The molecule has 0 aromatic carbocycles. The Morgan fingerprint density at radius 3 is 2.42 bits per heavy atom. The first-order valence-corrected chi connectivity index (χ1v) is 4.98. The van der Waals surface area contributed by atoms with Gasteiger partial charge in [-0.05, 0) is 5.92 Å². The van der Waals surface area contributed by atoms with Gasteiger partial charge in [0.15, 0.2) is 0 Å². The molecule has 0 bridgehead atoms. The molecule has 0 saturated carbocycles. The number of carbonyl (C=O) groups excluding carboxylic acids is 1. The number of methoxy groups -OCH3 is 1. The van der Waals surface area contributed by atoms with Gasteiger partial charge in [-0.1, -0.05) is 6.92 Å². The molecule has 1 N–H and O–H groups in total. The lowest BCUT2D eigenvalue weighted by Gasteiger charge is -2.06. The third-order valence-electron chi connectivity index (χ3n) is 1.24. The number of esters is 1. The highest BCUT2D eigenvalue weighted by molar-refractivity contribution is 7.85. The van der Waals surface area contributed by atoms with Crippen molar-refractivity contribution in [3.8, 4) is 0 Å². The Labute approximate surface area is 71.5 Å². The van der Waals surface area contributed by atoms with Crippen molar-refractivity contribution in [3.63, 3.8) is 0 Å². The number of hydrogen-bond donors (Lipinski definition) is 1. The first kappa shape index (κ1) is 11.4. The highest BCUT2D eigenvalue weighted by Gasteiger charge is 2.15. The van der Waals surface area contributed by atoms with Gasteiger partial charge in [-0.2, -0.15) is 8.42 Å². The fourth-order valence-corrected chi connectivity index (χ4v) is 1.62. The summed E-state index contributed by atoms with van der Waals surface area (Å²) < 4.78 is 33.3. The molecule has 0 aliphatic rings. The van der Waals surface area contributed by atoms with Gasteiger partial charge in [0.05, 0.1) is 12.9 Å². The fourth-order valence-electron chi connectivity index (χ4n) is 0.786. The van der Waals surface area contributed by atoms with Gasteiger partial charge in [-0.3, -0.25) is 9.35 Å². The van der Waals surface area contributed by atoms with Gasteiger partial charge >= 0.3 is 5.97 Å². The Hall–Kier alpha value is -0.620. The highest BCUT2D eigenvalue weighted by Crippen LogP contribution is 2.05. The molecule has 0 spiro atoms. The van der Waals surface area contributed by atoms with Crippen LogP contribution >= 0.6 is 0 Å². The van der Waals surface area contributed by atoms with Crippen LogP contribution in [0.1, 0.15) is 13.3 Å². The van der Waals surface area contributed by atoms with Crippen molar-refractivity contribution in [1.29, 1.82) is 0 Å². The maximum atomic E-state index is 10.6. The topological polar surface area (TPSA) is 80.7 Å². The van der Waals surface area contributed by atoms with Crippen LogP contribution in [0.4, 0.5) is 0 Å². The van der Waals surface area contributed by atoms with Crippen molar-refractivity contribution in [2.45, 2.75) is 13.3 Å². The maximum absolute atomic E-state index is 10.6. The smallest absolute Gasteiger partial charge is 0.305 e. The van der Waals surface area contributed by atoms with Crippen LogP contribution in [0.25, 0.3) is 0 Å². The van der Waals surface area contributed by atoms with Crippen LogP contribution in [0.5, 0.6) is 0 Å². The summed E-state index contributed by atoms with van der Waals surface area (Å²) >= 11 is 0. The normalized spacial score (nSPS) is 13.9. The third kappa shape index (κ3) is 6.11. The predicted molar refractivity (Wildman–Crippen MR) is 42.2 cm³/mol. The van der Waals surface area contributed by atoms with Gasteiger partial charge in [0.1, 0.15) is 0 Å². The zero-order valence-electron chi connectivity index (χ0n) is 6.98. The molecule has 0 aromatic heterocycles. The monoisotopic (exact) mass is 196 g/mol. The Balaban J connectivity index is 3.91. The molecule has 72 valence electrons. The van der Waals surface area contributed by atoms with E-state index in [1.807, 2.05) is 0 Å². The van der Waals surface area contributed by atoms with Gasteiger partial charge in [0.2, 0.25) is 0 Å². The van der Waals surface area contributed by atoms with E-state index in [1.54, 1.807) is 6.92 Å². The Bertz CT molecular complexity index is 243. The minimum absolute atomic E-state index is 0.00368. The molecule has 0 aliphatic carbocycles. The minimum atomic E-state index is -3.98. The molecule has 0 rings (SSSR count). The van der Waals surface area contributed by atoms with E-state index in [1.165, 1.54) is 7.11 Å². The summed E-state index contributed by atoms with van der Waals surface area (Å²) in [5, 5.41) is 0. The lowest BCUT2D eigenvalue weighted by atomic mass is 10.1. The SMILES string of the molecule is COC(=O)C[C@H](C)CS(=O)(=O)O. The summed E-state index contributed by atoms with van der Waals surface area (Å²) in [4.78, 5) is 10.6. The molecule has 0 heterocycles. The Morgan fingerprint density at radius 1 is 1.58 bits per heavy atom. The zero-order chi connectivity index (χ0) is 9.78. The summed E-state index contributed by atoms with van der Waals surface area (Å²) in [5.41, 5.74) is 0. The molecular formula is C6H12O5S. The van der Waals surface area contributed by atoms with E-state index < -0.39 is 27.8 Å². The molecular weight excluding hydrogens is 184 g/mol. The summed E-state index contributed by atoms with van der Waals surface area (Å²) in [7, 11) is -2.76. The molecule has 1 atom stereocenters. The van der Waals surface area contributed by atoms with E-state index in [2.05, 4.69) is 4.74 Å². The van der Waals surface area contributed by atoms with Gasteiger partial charge in [0, 0.05) is 6.42 Å². The van der Waals surface area contributed by atoms with Gasteiger partial charge in [-0.15, -0.1) is 0 Å². The molecule has 12 heavy (non-hydrogen) atoms. The number of hydrogen-bond acceptors (Lipinski definition) is 4. The molecule has 0 fully saturated rings. The second kappa shape index (κ2) is 4.42. The predicted octanol–water partition coefficient (Wildman–Crippen LogP) is 0.0734. The van der Waals surface area contributed by atoms with Crippen molar-refractivity contribution in [1.82, 2.24) is 0 Å². The van der Waals surface area contributed by atoms with E-state index in [9.17, 15) is 13.2 Å². The van der Waals surface area contributed by atoms with Crippen LogP contribution in [-0.2, 0) is 19.6 Å². The van der Waals surface area contributed by atoms with Gasteiger partial charge in [-0.25, -0.2) is 0 Å². The summed E-state index contributed by atoms with van der Waals surface area (Å²) in [6, 6.07) is 0. The molecule has 0 saturated heterocycles. The Kier molecular flexibility index (Phi) is 4.19. The van der Waals surface area contributed by atoms with Gasteiger partial charge < -0.3 is 4.74 Å². The largest absolute Gasteiger partial charge is 0.469 e. The number of rotatable bonds is 4. The summed E-state index contributed by atoms with van der Waals surface area (Å²) in [6.07, 6.45) is -0.00368. The lowest BCUT2D eigenvalue weighted by Crippen LogP contribution is -2.16. The molecule has 6 heteroatoms. The van der Waals surface area contributed by atoms with Crippen molar-refractivity contribution >= 4 is 16.1 Å². The average molecular weight is 196 g/mol. The van der Waals surface area contributed by atoms with Crippen LogP contribution in [-0.4, -0.2) is 31.8 Å². The molecule has 0 aromatic rings. The standard InChI is InChI=1S/C6H12O5S/c1-5(3-6(7)11-2)4-12(8,9)10/h5H,3-4H2,1-2H3,(H,8,9,10)/t5-/m0/s1. The quantitative estimate of drug-likeness (QED) is 0.508. The highest BCUT2D eigenvalue weighted by atomic mass is 32.2. The number of carbonyl (C=O) groups is 1. The van der Waals surface area contributed by atoms with Crippen LogP contribution in [0.3, 0.4) is 0 Å². The zero-order valence-corrected chi connectivity index (χ0v) is 7.80.